The van der Waals surface area contributed by atoms with E-state index in [1.165, 1.54) is 19.4 Å². The van der Waals surface area contributed by atoms with Gasteiger partial charge in [-0.3, -0.25) is 0 Å². The fourth-order valence-electron chi connectivity index (χ4n) is 1.24. The lowest BCUT2D eigenvalue weighted by Crippen LogP contribution is -2.09. The minimum atomic E-state index is -3.16. The number of methoxy groups -OCH3 is 1. The maximum absolute atomic E-state index is 11.6. The molecule has 0 aliphatic carbocycles. The molecule has 16 heavy (non-hydrogen) atoms. The van der Waals surface area contributed by atoms with Crippen molar-refractivity contribution in [1.29, 1.82) is 0 Å². The van der Waals surface area contributed by atoms with Gasteiger partial charge in [0, 0.05) is 11.2 Å². The van der Waals surface area contributed by atoms with Gasteiger partial charge >= 0.3 is 0 Å². The maximum atomic E-state index is 11.6. The number of allylic oxidation sites excluding steroid dienone is 4. The highest BCUT2D eigenvalue weighted by molar-refractivity contribution is 7.94. The second-order valence-corrected chi connectivity index (χ2v) is 5.64. The Hall–Kier alpha value is -1.03. The number of hydrogen-bond donors (Lipinski definition) is 0. The molecule has 0 bridgehead atoms. The van der Waals surface area contributed by atoms with Crippen molar-refractivity contribution in [3.63, 3.8) is 0 Å². The van der Waals surface area contributed by atoms with Gasteiger partial charge in [-0.05, 0) is 30.6 Å². The van der Waals surface area contributed by atoms with Crippen LogP contribution in [0.3, 0.4) is 0 Å². The first-order valence-corrected chi connectivity index (χ1v) is 7.04. The lowest BCUT2D eigenvalue weighted by molar-refractivity contribution is 0.307. The quantitative estimate of drug-likeness (QED) is 0.533. The van der Waals surface area contributed by atoms with Gasteiger partial charge in [0.2, 0.25) is 0 Å². The zero-order chi connectivity index (χ0) is 12.8. The molecule has 0 fully saturated rings. The van der Waals surface area contributed by atoms with Crippen LogP contribution in [0.4, 0.5) is 0 Å². The molecule has 0 heterocycles. The molecule has 0 aromatic heterocycles. The van der Waals surface area contributed by atoms with Gasteiger partial charge in [-0.15, -0.1) is 0 Å². The van der Waals surface area contributed by atoms with E-state index in [9.17, 15) is 8.42 Å². The van der Waals surface area contributed by atoms with Gasteiger partial charge in [-0.25, -0.2) is 8.42 Å². The fraction of sp³-hybridized carbons (Fsp3) is 0.500. The van der Waals surface area contributed by atoms with Crippen LogP contribution in [0.25, 0.3) is 0 Å². The minimum absolute atomic E-state index is 0.00849. The highest BCUT2D eigenvalue weighted by Gasteiger charge is 2.16. The van der Waals surface area contributed by atoms with E-state index >= 15 is 0 Å². The van der Waals surface area contributed by atoms with Crippen molar-refractivity contribution in [2.45, 2.75) is 20.3 Å². The summed E-state index contributed by atoms with van der Waals surface area (Å²) in [7, 11) is -1.64. The molecule has 0 rings (SSSR count). The van der Waals surface area contributed by atoms with Crippen molar-refractivity contribution in [2.24, 2.45) is 5.92 Å². The van der Waals surface area contributed by atoms with Crippen LogP contribution in [0, 0.1) is 5.92 Å². The van der Waals surface area contributed by atoms with Crippen LogP contribution < -0.4 is 0 Å². The predicted octanol–water partition coefficient (Wildman–Crippen LogP) is 2.68. The molecule has 1 unspecified atom stereocenters. The lowest BCUT2D eigenvalue weighted by atomic mass is 10.1. The van der Waals surface area contributed by atoms with E-state index in [0.717, 1.165) is 6.42 Å². The number of rotatable bonds is 6. The molecule has 92 valence electrons. The Morgan fingerprint density at radius 2 is 2.00 bits per heavy atom. The Balaban J connectivity index is 5.29. The summed E-state index contributed by atoms with van der Waals surface area (Å²) in [5.41, 5.74) is 0. The van der Waals surface area contributed by atoms with E-state index < -0.39 is 9.84 Å². The van der Waals surface area contributed by atoms with Crippen molar-refractivity contribution >= 4 is 9.84 Å². The summed E-state index contributed by atoms with van der Waals surface area (Å²) < 4.78 is 28.1. The molecular formula is C12H20O3S. The van der Waals surface area contributed by atoms with Crippen molar-refractivity contribution < 1.29 is 13.2 Å². The first-order valence-electron chi connectivity index (χ1n) is 5.15. The molecule has 0 aromatic carbocycles. The molecule has 0 aliphatic heterocycles. The summed E-state index contributed by atoms with van der Waals surface area (Å²) in [5.74, 6) is 0.554. The van der Waals surface area contributed by atoms with Gasteiger partial charge in [0.1, 0.15) is 5.76 Å². The summed E-state index contributed by atoms with van der Waals surface area (Å²) in [6, 6.07) is 0. The summed E-state index contributed by atoms with van der Waals surface area (Å²) in [6.07, 6.45) is 6.74. The number of sulfone groups is 1. The van der Waals surface area contributed by atoms with E-state index in [-0.39, 0.29) is 5.92 Å². The van der Waals surface area contributed by atoms with Crippen molar-refractivity contribution in [1.82, 2.24) is 0 Å². The Morgan fingerprint density at radius 1 is 1.44 bits per heavy atom. The topological polar surface area (TPSA) is 43.4 Å². The zero-order valence-corrected chi connectivity index (χ0v) is 11.2. The van der Waals surface area contributed by atoms with Crippen LogP contribution in [0.5, 0.6) is 0 Å². The molecule has 0 saturated heterocycles. The van der Waals surface area contributed by atoms with E-state index in [0.29, 0.717) is 10.7 Å². The molecule has 1 atom stereocenters. The predicted molar refractivity (Wildman–Crippen MR) is 67.7 cm³/mol. The highest BCUT2D eigenvalue weighted by atomic mass is 32.2. The van der Waals surface area contributed by atoms with Gasteiger partial charge in [0.15, 0.2) is 9.84 Å². The Morgan fingerprint density at radius 3 is 2.31 bits per heavy atom. The van der Waals surface area contributed by atoms with Crippen molar-refractivity contribution in [3.05, 3.63) is 35.5 Å². The molecule has 0 radical (unpaired) electrons. The first-order chi connectivity index (χ1) is 7.36. The molecule has 0 aromatic rings. The van der Waals surface area contributed by atoms with Gasteiger partial charge < -0.3 is 4.74 Å². The molecule has 0 aliphatic rings. The Labute approximate surface area is 98.4 Å². The highest BCUT2D eigenvalue weighted by Crippen LogP contribution is 2.20. The number of hydrogen-bond acceptors (Lipinski definition) is 3. The molecule has 0 N–H and O–H groups in total. The Kier molecular flexibility index (Phi) is 6.11. The molecule has 0 saturated carbocycles. The van der Waals surface area contributed by atoms with Crippen LogP contribution in [-0.2, 0) is 14.6 Å². The minimum Gasteiger partial charge on any atom is -0.497 e. The van der Waals surface area contributed by atoms with Crippen molar-refractivity contribution in [2.75, 3.05) is 13.4 Å². The molecule has 0 amide bonds. The van der Waals surface area contributed by atoms with Crippen LogP contribution in [0.1, 0.15) is 20.3 Å². The van der Waals surface area contributed by atoms with E-state index in [1.807, 2.05) is 13.8 Å². The third-order valence-corrected chi connectivity index (χ3v) is 3.77. The number of ether oxygens (including phenoxy) is 1. The van der Waals surface area contributed by atoms with Crippen molar-refractivity contribution in [3.8, 4) is 0 Å². The maximum Gasteiger partial charge on any atom is 0.171 e. The average molecular weight is 244 g/mol. The van der Waals surface area contributed by atoms with Crippen LogP contribution in [-0.4, -0.2) is 21.8 Å². The summed E-state index contributed by atoms with van der Waals surface area (Å²) in [5, 5.41) is 0. The fourth-order valence-corrected chi connectivity index (χ4v) is 2.45. The molecule has 0 spiro atoms. The smallest absolute Gasteiger partial charge is 0.171 e. The van der Waals surface area contributed by atoms with Crippen LogP contribution in [0.15, 0.2) is 35.5 Å². The second-order valence-electron chi connectivity index (χ2n) is 3.63. The van der Waals surface area contributed by atoms with Gasteiger partial charge in [-0.1, -0.05) is 20.4 Å². The molecule has 3 nitrogen and oxygen atoms in total. The monoisotopic (exact) mass is 244 g/mol. The van der Waals surface area contributed by atoms with Gasteiger partial charge in [0.05, 0.1) is 7.11 Å². The molecule has 4 heteroatoms. The van der Waals surface area contributed by atoms with E-state index in [4.69, 9.17) is 4.74 Å². The summed E-state index contributed by atoms with van der Waals surface area (Å²) in [6.45, 7) is 7.41. The third-order valence-electron chi connectivity index (χ3n) is 2.37. The third kappa shape index (κ3) is 4.66. The molecular weight excluding hydrogens is 224 g/mol. The zero-order valence-electron chi connectivity index (χ0n) is 10.4. The summed E-state index contributed by atoms with van der Waals surface area (Å²) in [4.78, 5) is 0.423. The lowest BCUT2D eigenvalue weighted by Gasteiger charge is -2.11. The van der Waals surface area contributed by atoms with E-state index in [2.05, 4.69) is 6.58 Å². The first kappa shape index (κ1) is 15.0. The van der Waals surface area contributed by atoms with E-state index in [1.54, 1.807) is 12.2 Å². The summed E-state index contributed by atoms with van der Waals surface area (Å²) >= 11 is 0. The van der Waals surface area contributed by atoms with Crippen LogP contribution >= 0.6 is 0 Å². The Bertz CT molecular complexity index is 388. The second kappa shape index (κ2) is 6.53. The normalized spacial score (nSPS) is 15.8. The average Bonchev–Trinajstić information content (AvgIpc) is 2.22. The van der Waals surface area contributed by atoms with Gasteiger partial charge in [-0.2, -0.15) is 0 Å². The van der Waals surface area contributed by atoms with Gasteiger partial charge in [0.25, 0.3) is 0 Å². The SMILES string of the molecule is C=C/C(=C\C=C(/C(C)CC)S(C)(=O)=O)OC. The standard InChI is InChI=1S/C12H20O3S/c1-6-10(3)12(16(5,13)14)9-8-11(7-2)15-4/h7-10H,2,6H2,1,3-5H3/b11-8+,12-9+. The van der Waals surface area contributed by atoms with Crippen LogP contribution in [0.2, 0.25) is 0 Å². The largest absolute Gasteiger partial charge is 0.497 e.